The van der Waals surface area contributed by atoms with Crippen LogP contribution < -0.4 is 15.4 Å². The van der Waals surface area contributed by atoms with Gasteiger partial charge in [0.1, 0.15) is 18.0 Å². The first kappa shape index (κ1) is 31.4. The average Bonchev–Trinajstić information content (AvgIpc) is 3.78. The van der Waals surface area contributed by atoms with Crippen molar-refractivity contribution >= 4 is 23.6 Å². The lowest BCUT2D eigenvalue weighted by Gasteiger charge is -2.24. The van der Waals surface area contributed by atoms with Crippen molar-refractivity contribution in [3.8, 4) is 5.75 Å². The normalized spacial score (nSPS) is 17.6. The summed E-state index contributed by atoms with van der Waals surface area (Å²) in [6.07, 6.45) is -0.351. The number of benzene rings is 3. The van der Waals surface area contributed by atoms with Crippen LogP contribution in [-0.2, 0) is 43.3 Å². The molecule has 2 N–H and O–H groups in total. The quantitative estimate of drug-likeness (QED) is 0.256. The zero-order valence-corrected chi connectivity index (χ0v) is 24.7. The Hall–Kier alpha value is -4.50. The third-order valence-corrected chi connectivity index (χ3v) is 7.50. The predicted molar refractivity (Wildman–Crippen MR) is 160 cm³/mol. The third kappa shape index (κ3) is 9.24. The molecule has 0 bridgehead atoms. The maximum Gasteiger partial charge on any atom is 0.408 e. The molecular formula is C34H38N2O7. The first-order valence-corrected chi connectivity index (χ1v) is 14.3. The zero-order chi connectivity index (χ0) is 30.8. The Kier molecular flexibility index (Phi) is 10.7. The summed E-state index contributed by atoms with van der Waals surface area (Å²) >= 11 is 0. The SMILES string of the molecule is COc1ccc(CC(CC(=O)[C@H](C)NC(=O)OCc2ccccc2)C(=O)N[C@@H](Cc2ccccc2)C(=O)C2(C)CO2)cc1. The summed E-state index contributed by atoms with van der Waals surface area (Å²) < 4.78 is 15.9. The molecule has 1 fully saturated rings. The molecule has 43 heavy (non-hydrogen) atoms. The van der Waals surface area contributed by atoms with E-state index in [1.54, 1.807) is 33.1 Å². The molecule has 2 amide bonds. The van der Waals surface area contributed by atoms with Gasteiger partial charge in [0.05, 0.1) is 25.8 Å². The lowest BCUT2D eigenvalue weighted by molar-refractivity contribution is -0.134. The Morgan fingerprint density at radius 2 is 1.42 bits per heavy atom. The van der Waals surface area contributed by atoms with Crippen molar-refractivity contribution < 1.29 is 33.4 Å². The van der Waals surface area contributed by atoms with Gasteiger partial charge in [-0.1, -0.05) is 72.8 Å². The van der Waals surface area contributed by atoms with Gasteiger partial charge in [-0.2, -0.15) is 0 Å². The number of amides is 2. The van der Waals surface area contributed by atoms with Gasteiger partial charge < -0.3 is 24.8 Å². The first-order valence-electron chi connectivity index (χ1n) is 14.3. The van der Waals surface area contributed by atoms with Crippen LogP contribution in [0.3, 0.4) is 0 Å². The Morgan fingerprint density at radius 1 is 0.837 bits per heavy atom. The van der Waals surface area contributed by atoms with Crippen molar-refractivity contribution in [2.75, 3.05) is 13.7 Å². The van der Waals surface area contributed by atoms with Gasteiger partial charge in [-0.05, 0) is 55.5 Å². The van der Waals surface area contributed by atoms with Crippen LogP contribution in [-0.4, -0.2) is 55.0 Å². The third-order valence-electron chi connectivity index (χ3n) is 7.50. The molecule has 1 heterocycles. The van der Waals surface area contributed by atoms with Crippen LogP contribution >= 0.6 is 0 Å². The molecule has 3 aromatic rings. The fourth-order valence-electron chi connectivity index (χ4n) is 4.71. The highest BCUT2D eigenvalue weighted by atomic mass is 16.6. The second-order valence-corrected chi connectivity index (χ2v) is 11.0. The molecule has 9 heteroatoms. The highest BCUT2D eigenvalue weighted by Crippen LogP contribution is 2.29. The molecule has 1 aliphatic rings. The van der Waals surface area contributed by atoms with Crippen LogP contribution in [0.4, 0.5) is 4.79 Å². The van der Waals surface area contributed by atoms with E-state index >= 15 is 0 Å². The van der Waals surface area contributed by atoms with Crippen LogP contribution in [0.1, 0.15) is 37.0 Å². The number of epoxide rings is 1. The molecule has 9 nitrogen and oxygen atoms in total. The van der Waals surface area contributed by atoms with Crippen molar-refractivity contribution in [3.63, 3.8) is 0 Å². The summed E-state index contributed by atoms with van der Waals surface area (Å²) in [7, 11) is 1.57. The standard InChI is InChI=1S/C34H38N2O7/c1-23(35-33(40)42-21-26-12-8-5-9-13-26)30(37)20-27(18-25-14-16-28(41-3)17-15-25)32(39)36-29(31(38)34(2)22-43-34)19-24-10-6-4-7-11-24/h4-17,23,27,29H,18-22H2,1-3H3,(H,35,40)(H,36,39)/t23-,27?,29-,34?/m0/s1. The second-order valence-electron chi connectivity index (χ2n) is 11.0. The lowest BCUT2D eigenvalue weighted by atomic mass is 9.90. The summed E-state index contributed by atoms with van der Waals surface area (Å²) in [4.78, 5) is 52.8. The number of rotatable bonds is 15. The van der Waals surface area contributed by atoms with Crippen molar-refractivity contribution in [1.82, 2.24) is 10.6 Å². The molecule has 226 valence electrons. The molecule has 4 atom stereocenters. The van der Waals surface area contributed by atoms with Gasteiger partial charge in [-0.25, -0.2) is 4.79 Å². The van der Waals surface area contributed by atoms with Gasteiger partial charge in [0.25, 0.3) is 0 Å². The molecule has 1 saturated heterocycles. The fraction of sp³-hybridized carbons (Fsp3) is 0.353. The number of carbonyl (C=O) groups is 4. The molecule has 0 radical (unpaired) electrons. The van der Waals surface area contributed by atoms with Crippen LogP contribution in [0, 0.1) is 5.92 Å². The molecule has 0 spiro atoms. The topological polar surface area (TPSA) is 123 Å². The van der Waals surface area contributed by atoms with E-state index in [0.717, 1.165) is 16.7 Å². The zero-order valence-electron chi connectivity index (χ0n) is 24.7. The van der Waals surface area contributed by atoms with E-state index in [4.69, 9.17) is 14.2 Å². The maximum atomic E-state index is 13.8. The monoisotopic (exact) mass is 586 g/mol. The molecule has 3 aromatic carbocycles. The number of carbonyl (C=O) groups excluding carboxylic acids is 4. The average molecular weight is 587 g/mol. The van der Waals surface area contributed by atoms with Crippen molar-refractivity contribution in [2.24, 2.45) is 5.92 Å². The molecule has 0 saturated carbocycles. The number of hydrogen-bond acceptors (Lipinski definition) is 7. The van der Waals surface area contributed by atoms with E-state index in [1.165, 1.54) is 0 Å². The van der Waals surface area contributed by atoms with E-state index in [-0.39, 0.29) is 31.0 Å². The summed E-state index contributed by atoms with van der Waals surface area (Å²) in [6, 6.07) is 24.1. The van der Waals surface area contributed by atoms with Gasteiger partial charge in [-0.3, -0.25) is 14.4 Å². The number of nitrogens with one attached hydrogen (secondary N) is 2. The second kappa shape index (κ2) is 14.6. The van der Waals surface area contributed by atoms with Gasteiger partial charge in [0, 0.05) is 12.3 Å². The number of methoxy groups -OCH3 is 1. The van der Waals surface area contributed by atoms with E-state index in [9.17, 15) is 19.2 Å². The molecule has 2 unspecified atom stereocenters. The minimum atomic E-state index is -0.938. The largest absolute Gasteiger partial charge is 0.497 e. The number of alkyl carbamates (subject to hydrolysis) is 1. The number of Topliss-reactive ketones (excluding diaryl/α,β-unsaturated/α-hetero) is 2. The van der Waals surface area contributed by atoms with E-state index in [1.807, 2.05) is 72.8 Å². The summed E-state index contributed by atoms with van der Waals surface area (Å²) in [5.41, 5.74) is 1.59. The van der Waals surface area contributed by atoms with Gasteiger partial charge in [0.15, 0.2) is 11.6 Å². The van der Waals surface area contributed by atoms with Crippen LogP contribution in [0.15, 0.2) is 84.9 Å². The molecule has 4 rings (SSSR count). The smallest absolute Gasteiger partial charge is 0.408 e. The minimum absolute atomic E-state index is 0.0650. The highest BCUT2D eigenvalue weighted by molar-refractivity contribution is 5.98. The Labute approximate surface area is 251 Å². The van der Waals surface area contributed by atoms with E-state index < -0.39 is 35.6 Å². The Morgan fingerprint density at radius 3 is 2.00 bits per heavy atom. The molecule has 1 aliphatic heterocycles. The Balaban J connectivity index is 1.45. The van der Waals surface area contributed by atoms with Crippen LogP contribution in [0.25, 0.3) is 0 Å². The van der Waals surface area contributed by atoms with Crippen molar-refractivity contribution in [1.29, 1.82) is 0 Å². The Bertz CT molecular complexity index is 1390. The molecule has 0 aliphatic carbocycles. The van der Waals surface area contributed by atoms with Gasteiger partial charge in [0.2, 0.25) is 5.91 Å². The predicted octanol–water partition coefficient (Wildman–Crippen LogP) is 4.21. The summed E-state index contributed by atoms with van der Waals surface area (Å²) in [5, 5.41) is 5.48. The van der Waals surface area contributed by atoms with E-state index in [0.29, 0.717) is 18.8 Å². The van der Waals surface area contributed by atoms with E-state index in [2.05, 4.69) is 10.6 Å². The number of ketones is 2. The van der Waals surface area contributed by atoms with Crippen LogP contribution in [0.2, 0.25) is 0 Å². The van der Waals surface area contributed by atoms with Gasteiger partial charge >= 0.3 is 6.09 Å². The van der Waals surface area contributed by atoms with Crippen molar-refractivity contribution in [3.05, 3.63) is 102 Å². The van der Waals surface area contributed by atoms with Gasteiger partial charge in [-0.15, -0.1) is 0 Å². The first-order chi connectivity index (χ1) is 20.7. The summed E-state index contributed by atoms with van der Waals surface area (Å²) in [6.45, 7) is 3.63. The fourth-order valence-corrected chi connectivity index (χ4v) is 4.71. The summed E-state index contributed by atoms with van der Waals surface area (Å²) in [5.74, 6) is -1.12. The number of ether oxygens (including phenoxy) is 3. The van der Waals surface area contributed by atoms with Crippen molar-refractivity contribution in [2.45, 2.75) is 57.4 Å². The lowest BCUT2D eigenvalue weighted by Crippen LogP contribution is -2.50. The number of hydrogen-bond donors (Lipinski definition) is 2. The highest BCUT2D eigenvalue weighted by Gasteiger charge is 2.50. The van der Waals surface area contributed by atoms with Crippen LogP contribution in [0.5, 0.6) is 5.75 Å². The molecular weight excluding hydrogens is 548 g/mol. The maximum absolute atomic E-state index is 13.8. The molecule has 0 aromatic heterocycles. The minimum Gasteiger partial charge on any atom is -0.497 e.